The number of benzene rings is 3. The average Bonchev–Trinajstić information content (AvgIpc) is 3.30. The molecule has 2 unspecified atom stereocenters. The summed E-state index contributed by atoms with van der Waals surface area (Å²) < 4.78 is 21.4. The van der Waals surface area contributed by atoms with Crippen molar-refractivity contribution in [3.8, 4) is 5.75 Å². The van der Waals surface area contributed by atoms with Gasteiger partial charge in [-0.3, -0.25) is 33.3 Å². The molecule has 2 heterocycles. The molecule has 0 radical (unpaired) electrons. The number of nitrogens with one attached hydrogen (secondary N) is 4. The van der Waals surface area contributed by atoms with Gasteiger partial charge in [0, 0.05) is 26.3 Å². The number of aliphatic hydroxyl groups excluding tert-OH is 2. The summed E-state index contributed by atoms with van der Waals surface area (Å²) in [5.41, 5.74) is 1.61. The molecule has 368 valence electrons. The van der Waals surface area contributed by atoms with E-state index in [0.29, 0.717) is 16.7 Å². The second-order valence-electron chi connectivity index (χ2n) is 17.0. The van der Waals surface area contributed by atoms with Crippen LogP contribution in [-0.4, -0.2) is 145 Å². The number of rotatable bonds is 13. The number of phenolic OH excluding ortho intramolecular Hbond substituents is 1. The number of nitrogens with zero attached hydrogens (tertiary/aromatic N) is 2. The molecular formula is C46H59N6O15P. The van der Waals surface area contributed by atoms with Crippen molar-refractivity contribution in [1.29, 1.82) is 0 Å². The van der Waals surface area contributed by atoms with Gasteiger partial charge in [-0.25, -0.2) is 9.36 Å². The van der Waals surface area contributed by atoms with Crippen LogP contribution in [0.25, 0.3) is 0 Å². The number of phenols is 1. The van der Waals surface area contributed by atoms with Crippen molar-refractivity contribution in [3.63, 3.8) is 0 Å². The van der Waals surface area contributed by atoms with Crippen molar-refractivity contribution in [2.75, 3.05) is 13.7 Å². The van der Waals surface area contributed by atoms with Crippen molar-refractivity contribution < 1.29 is 72.5 Å². The van der Waals surface area contributed by atoms with Crippen LogP contribution in [0.1, 0.15) is 56.7 Å². The summed E-state index contributed by atoms with van der Waals surface area (Å²) in [7, 11) is -3.83. The predicted octanol–water partition coefficient (Wildman–Crippen LogP) is -0.0427. The zero-order chi connectivity index (χ0) is 49.9. The lowest BCUT2D eigenvalue weighted by atomic mass is 9.95. The van der Waals surface area contributed by atoms with E-state index in [9.17, 15) is 48.7 Å². The van der Waals surface area contributed by atoms with Gasteiger partial charge in [0.1, 0.15) is 54.3 Å². The van der Waals surface area contributed by atoms with Gasteiger partial charge in [-0.15, -0.1) is 0 Å². The molecule has 22 heteroatoms. The smallest absolute Gasteiger partial charge is 0.469 e. The minimum absolute atomic E-state index is 0.0717. The monoisotopic (exact) mass is 966 g/mol. The second-order valence-corrected chi connectivity index (χ2v) is 18.2. The van der Waals surface area contributed by atoms with E-state index < -0.39 is 116 Å². The van der Waals surface area contributed by atoms with E-state index in [1.165, 1.54) is 38.2 Å². The van der Waals surface area contributed by atoms with Gasteiger partial charge in [-0.1, -0.05) is 93.1 Å². The summed E-state index contributed by atoms with van der Waals surface area (Å²) in [5.74, 6) is -7.74. The molecule has 2 fully saturated rings. The number of hydrogen-bond acceptors (Lipinski definition) is 13. The largest absolute Gasteiger partial charge is 0.508 e. The maximum absolute atomic E-state index is 15.1. The zero-order valence-electron chi connectivity index (χ0n) is 38.0. The van der Waals surface area contributed by atoms with Crippen LogP contribution < -0.4 is 21.3 Å². The number of likely N-dealkylation sites (N-methyl/N-ethyl adjacent to an activating group) is 1. The first kappa shape index (κ1) is 52.7. The number of amides is 6. The van der Waals surface area contributed by atoms with E-state index >= 15 is 4.79 Å². The number of aromatic hydroxyl groups is 1. The quantitative estimate of drug-likeness (QED) is 0.0802. The molecule has 2 bridgehead atoms. The molecule has 0 aliphatic carbocycles. The lowest BCUT2D eigenvalue weighted by Crippen LogP contribution is -2.65. The van der Waals surface area contributed by atoms with E-state index in [1.54, 1.807) is 74.5 Å². The molecule has 3 aromatic carbocycles. The van der Waals surface area contributed by atoms with Crippen molar-refractivity contribution >= 4 is 49.2 Å². The first-order valence-electron chi connectivity index (χ1n) is 22.1. The molecule has 0 spiro atoms. The first-order valence-corrected chi connectivity index (χ1v) is 23.6. The second kappa shape index (κ2) is 23.7. The van der Waals surface area contributed by atoms with Crippen molar-refractivity contribution in [3.05, 3.63) is 102 Å². The molecule has 21 nitrogen and oxygen atoms in total. The Bertz CT molecular complexity index is 2300. The maximum Gasteiger partial charge on any atom is 0.469 e. The molecule has 2 aliphatic rings. The van der Waals surface area contributed by atoms with Crippen LogP contribution in [0.15, 0.2) is 84.9 Å². The molecule has 10 atom stereocenters. The average molecular weight is 967 g/mol. The van der Waals surface area contributed by atoms with Crippen LogP contribution in [0.4, 0.5) is 0 Å². The third-order valence-electron chi connectivity index (χ3n) is 12.0. The van der Waals surface area contributed by atoms with Crippen LogP contribution in [0.5, 0.6) is 5.75 Å². The van der Waals surface area contributed by atoms with Crippen LogP contribution in [0.3, 0.4) is 0 Å². The lowest BCUT2D eigenvalue weighted by Gasteiger charge is -2.43. The normalized spacial score (nSPS) is 25.6. The number of carbonyl (C=O) groups is 7. The van der Waals surface area contributed by atoms with Gasteiger partial charge < -0.3 is 60.9 Å². The van der Waals surface area contributed by atoms with E-state index in [1.807, 2.05) is 0 Å². The summed E-state index contributed by atoms with van der Waals surface area (Å²) in [6, 6.07) is 13.7. The standard InChI is InChI=1S/C46H59N6O15P/c1-5-26(2)38-46(62)67-27(3)39(50-42(58)36(54)25-66-68(63,64)65)43(59)48-33(22-28-12-8-6-9-13-28)40(56)47-32-20-21-37(55)52(44(32)60)35(24-29-14-10-7-11-15-29)45(61)51(4)34(41(57)49-38)23-30-16-18-31(53)19-17-30/h6-19,26-27,32-39,53-55H,5,20-25H2,1-4H3,(H,47,56)(H,48,59)(H,49,57)(H,50,58)(H2,63,64,65)/t26?,27-,32?,33+,34-,35+,36+,37-,38-,39+/m1/s1. The number of ether oxygens (including phenoxy) is 1. The number of piperidine rings is 1. The number of aliphatic hydroxyl groups is 2. The molecule has 0 saturated carbocycles. The molecule has 2 aliphatic heterocycles. The molecule has 5 rings (SSSR count). The Morgan fingerprint density at radius 1 is 0.809 bits per heavy atom. The van der Waals surface area contributed by atoms with E-state index in [2.05, 4.69) is 25.8 Å². The molecule has 0 aromatic heterocycles. The summed E-state index contributed by atoms with van der Waals surface area (Å²) in [5, 5.41) is 42.2. The Morgan fingerprint density at radius 2 is 1.38 bits per heavy atom. The third kappa shape index (κ3) is 14.2. The van der Waals surface area contributed by atoms with Gasteiger partial charge in [-0.05, 0) is 54.5 Å². The molecule has 3 aromatic rings. The third-order valence-corrected chi connectivity index (χ3v) is 12.5. The fourth-order valence-electron chi connectivity index (χ4n) is 7.92. The number of carbonyl (C=O) groups excluding carboxylic acids is 7. The highest BCUT2D eigenvalue weighted by molar-refractivity contribution is 7.46. The molecule has 68 heavy (non-hydrogen) atoms. The zero-order valence-corrected chi connectivity index (χ0v) is 38.9. The van der Waals surface area contributed by atoms with Crippen LogP contribution in [-0.2, 0) is 66.6 Å². The molecule has 2 saturated heterocycles. The fourth-order valence-corrected chi connectivity index (χ4v) is 8.25. The highest BCUT2D eigenvalue weighted by Crippen LogP contribution is 2.35. The highest BCUT2D eigenvalue weighted by Gasteiger charge is 2.46. The summed E-state index contributed by atoms with van der Waals surface area (Å²) >= 11 is 0. The van der Waals surface area contributed by atoms with E-state index in [0.717, 1.165) is 9.80 Å². The first-order chi connectivity index (χ1) is 32.2. The Morgan fingerprint density at radius 3 is 1.97 bits per heavy atom. The molecule has 9 N–H and O–H groups in total. The number of esters is 1. The van der Waals surface area contributed by atoms with Crippen molar-refractivity contribution in [1.82, 2.24) is 31.1 Å². The number of hydrogen-bond donors (Lipinski definition) is 9. The van der Waals surface area contributed by atoms with Gasteiger partial charge in [-0.2, -0.15) is 0 Å². The van der Waals surface area contributed by atoms with Gasteiger partial charge in [0.2, 0.25) is 29.5 Å². The topological polar surface area (TPSA) is 311 Å². The number of phosphoric ester groups is 1. The van der Waals surface area contributed by atoms with Gasteiger partial charge in [0.05, 0.1) is 6.61 Å². The van der Waals surface area contributed by atoms with Gasteiger partial charge >= 0.3 is 13.8 Å². The van der Waals surface area contributed by atoms with Crippen molar-refractivity contribution in [2.45, 2.75) is 114 Å². The minimum Gasteiger partial charge on any atom is -0.508 e. The van der Waals surface area contributed by atoms with Crippen molar-refractivity contribution in [2.24, 2.45) is 5.92 Å². The van der Waals surface area contributed by atoms with E-state index in [-0.39, 0.29) is 44.3 Å². The SMILES string of the molecule is CCC(C)[C@H]1NC(=O)[C@@H](Cc2ccc(O)cc2)N(C)C(=O)[C@H](Cc2ccccc2)N2C(=O)C(CC[C@H]2O)NC(=O)[C@H](Cc2ccccc2)NC(=O)[C@@H](NC(=O)[C@@H](O)COP(=O)(O)O)[C@@H](C)OC1=O. The lowest BCUT2D eigenvalue weighted by molar-refractivity contribution is -0.165. The van der Waals surface area contributed by atoms with Crippen LogP contribution in [0.2, 0.25) is 0 Å². The Kier molecular flexibility index (Phi) is 18.4. The van der Waals surface area contributed by atoms with E-state index in [4.69, 9.17) is 14.5 Å². The Balaban J connectivity index is 1.64. The Labute approximate surface area is 392 Å². The van der Waals surface area contributed by atoms with Gasteiger partial charge in [0.15, 0.2) is 6.10 Å². The number of fused-ring (bicyclic) bond motifs is 2. The minimum atomic E-state index is -5.17. The number of cyclic esters (lactones) is 1. The molecule has 6 amide bonds. The van der Waals surface area contributed by atoms with Crippen LogP contribution in [0, 0.1) is 5.92 Å². The van der Waals surface area contributed by atoms with Crippen LogP contribution >= 0.6 is 7.82 Å². The summed E-state index contributed by atoms with van der Waals surface area (Å²) in [6.07, 6.45) is -5.87. The fraction of sp³-hybridized carbons (Fsp3) is 0.457. The predicted molar refractivity (Wildman–Crippen MR) is 241 cm³/mol. The molecular weight excluding hydrogens is 908 g/mol. The summed E-state index contributed by atoms with van der Waals surface area (Å²) in [6.45, 7) is 3.35. The number of phosphoric acid groups is 1. The van der Waals surface area contributed by atoms with Gasteiger partial charge in [0.25, 0.3) is 5.91 Å². The Hall–Kier alpha value is -6.22. The highest BCUT2D eigenvalue weighted by atomic mass is 31.2. The maximum atomic E-state index is 15.1. The summed E-state index contributed by atoms with van der Waals surface area (Å²) in [4.78, 5) is 121.